The fourth-order valence-electron chi connectivity index (χ4n) is 2.58. The molecule has 1 N–H and O–H groups in total. The second kappa shape index (κ2) is 8.65. The molecule has 0 heterocycles. The van der Waals surface area contributed by atoms with E-state index < -0.39 is 17.9 Å². The van der Waals surface area contributed by atoms with Gasteiger partial charge in [0.15, 0.2) is 0 Å². The summed E-state index contributed by atoms with van der Waals surface area (Å²) in [6.07, 6.45) is 1.52. The minimum absolute atomic E-state index is 0.396. The van der Waals surface area contributed by atoms with Gasteiger partial charge in [0.1, 0.15) is 0 Å². The van der Waals surface area contributed by atoms with Gasteiger partial charge in [-0.1, -0.05) is 24.3 Å². The Kier molecular flexibility index (Phi) is 6.30. The number of rotatable bonds is 7. The van der Waals surface area contributed by atoms with Crippen LogP contribution in [0.25, 0.3) is 0 Å². The summed E-state index contributed by atoms with van der Waals surface area (Å²) < 4.78 is 4.65. The van der Waals surface area contributed by atoms with Gasteiger partial charge in [-0.05, 0) is 54.7 Å². The largest absolute Gasteiger partial charge is 0.481 e. The van der Waals surface area contributed by atoms with E-state index in [1.807, 2.05) is 12.1 Å². The minimum atomic E-state index is -0.842. The van der Waals surface area contributed by atoms with Crippen LogP contribution in [0.15, 0.2) is 48.5 Å². The van der Waals surface area contributed by atoms with Gasteiger partial charge in [0, 0.05) is 0 Å². The Morgan fingerprint density at radius 2 is 1.68 bits per heavy atom. The molecule has 0 aliphatic heterocycles. The van der Waals surface area contributed by atoms with Crippen LogP contribution >= 0.6 is 0 Å². The number of ether oxygens (including phenoxy) is 1. The highest BCUT2D eigenvalue weighted by Crippen LogP contribution is 2.17. The summed E-state index contributed by atoms with van der Waals surface area (Å²) in [5, 5.41) is 18.3. The first-order valence-corrected chi connectivity index (χ1v) is 7.92. The van der Waals surface area contributed by atoms with E-state index in [1.165, 1.54) is 7.11 Å². The molecule has 128 valence electrons. The lowest BCUT2D eigenvalue weighted by atomic mass is 9.92. The molecule has 25 heavy (non-hydrogen) atoms. The summed E-state index contributed by atoms with van der Waals surface area (Å²) in [6, 6.07) is 16.0. The maximum Gasteiger partial charge on any atom is 0.337 e. The third kappa shape index (κ3) is 5.18. The Bertz CT molecular complexity index is 773. The van der Waals surface area contributed by atoms with Crippen LogP contribution in [0, 0.1) is 17.2 Å². The van der Waals surface area contributed by atoms with E-state index in [0.29, 0.717) is 30.4 Å². The van der Waals surface area contributed by atoms with Crippen molar-refractivity contribution in [3.63, 3.8) is 0 Å². The molecule has 2 aromatic rings. The van der Waals surface area contributed by atoms with Crippen molar-refractivity contribution >= 4 is 11.9 Å². The van der Waals surface area contributed by atoms with Crippen LogP contribution in [0.5, 0.6) is 0 Å². The van der Waals surface area contributed by atoms with Crippen LogP contribution in [0.1, 0.15) is 33.5 Å². The number of benzene rings is 2. The molecule has 1 atom stereocenters. The van der Waals surface area contributed by atoms with Gasteiger partial charge in [-0.3, -0.25) is 4.79 Å². The second-order valence-electron chi connectivity index (χ2n) is 5.78. The Hall–Kier alpha value is -3.13. The molecular formula is C20H19NO4. The highest BCUT2D eigenvalue weighted by Gasteiger charge is 2.18. The molecule has 0 aliphatic carbocycles. The van der Waals surface area contributed by atoms with Gasteiger partial charge in [-0.15, -0.1) is 0 Å². The number of carboxylic acids is 1. The number of hydrogen-bond acceptors (Lipinski definition) is 4. The molecular weight excluding hydrogens is 318 g/mol. The fourth-order valence-corrected chi connectivity index (χ4v) is 2.58. The Balaban J connectivity index is 1.99. The monoisotopic (exact) mass is 337 g/mol. The molecule has 1 unspecified atom stereocenters. The lowest BCUT2D eigenvalue weighted by Gasteiger charge is -2.13. The third-order valence-electron chi connectivity index (χ3n) is 4.07. The lowest BCUT2D eigenvalue weighted by Crippen LogP contribution is -2.17. The van der Waals surface area contributed by atoms with Crippen LogP contribution < -0.4 is 0 Å². The molecule has 0 saturated carbocycles. The predicted octanol–water partition coefficient (Wildman–Crippen LogP) is 3.22. The van der Waals surface area contributed by atoms with Gasteiger partial charge < -0.3 is 9.84 Å². The quantitative estimate of drug-likeness (QED) is 0.784. The molecule has 0 spiro atoms. The van der Waals surface area contributed by atoms with E-state index in [0.717, 1.165) is 11.1 Å². The summed E-state index contributed by atoms with van der Waals surface area (Å²) >= 11 is 0. The molecule has 0 aliphatic rings. The van der Waals surface area contributed by atoms with Crippen LogP contribution in [-0.4, -0.2) is 24.2 Å². The Morgan fingerprint density at radius 1 is 1.08 bits per heavy atom. The van der Waals surface area contributed by atoms with Gasteiger partial charge in [0.05, 0.1) is 30.2 Å². The summed E-state index contributed by atoms with van der Waals surface area (Å²) in [5.74, 6) is -1.77. The van der Waals surface area contributed by atoms with Gasteiger partial charge in [0.25, 0.3) is 0 Å². The van der Waals surface area contributed by atoms with E-state index in [9.17, 15) is 14.7 Å². The van der Waals surface area contributed by atoms with E-state index in [-0.39, 0.29) is 0 Å². The number of carboxylic acid groups (broad SMARTS) is 1. The zero-order valence-electron chi connectivity index (χ0n) is 13.9. The van der Waals surface area contributed by atoms with Crippen molar-refractivity contribution < 1.29 is 19.4 Å². The Labute approximate surface area is 146 Å². The number of nitriles is 1. The van der Waals surface area contributed by atoms with Crippen LogP contribution in [0.4, 0.5) is 0 Å². The minimum Gasteiger partial charge on any atom is -0.481 e. The Morgan fingerprint density at radius 3 is 2.20 bits per heavy atom. The number of esters is 1. The molecule has 0 amide bonds. The summed E-state index contributed by atoms with van der Waals surface area (Å²) in [4.78, 5) is 23.0. The van der Waals surface area contributed by atoms with Crippen molar-refractivity contribution in [2.24, 2.45) is 5.92 Å². The van der Waals surface area contributed by atoms with Crippen LogP contribution in [0.2, 0.25) is 0 Å². The predicted molar refractivity (Wildman–Crippen MR) is 92.1 cm³/mol. The van der Waals surface area contributed by atoms with Crippen molar-refractivity contribution in [2.45, 2.75) is 19.3 Å². The number of carbonyl (C=O) groups excluding carboxylic acids is 1. The maximum atomic E-state index is 11.5. The normalized spacial score (nSPS) is 11.4. The average molecular weight is 337 g/mol. The zero-order chi connectivity index (χ0) is 18.2. The van der Waals surface area contributed by atoms with Crippen molar-refractivity contribution in [1.82, 2.24) is 0 Å². The average Bonchev–Trinajstić information content (AvgIpc) is 2.65. The number of nitrogens with zero attached hydrogens (tertiary/aromatic N) is 1. The fraction of sp³-hybridized carbons (Fsp3) is 0.250. The topological polar surface area (TPSA) is 87.4 Å². The van der Waals surface area contributed by atoms with E-state index in [4.69, 9.17) is 5.26 Å². The molecule has 0 saturated heterocycles. The molecule has 0 radical (unpaired) electrons. The zero-order valence-corrected chi connectivity index (χ0v) is 13.9. The first-order chi connectivity index (χ1) is 12.0. The van der Waals surface area contributed by atoms with Crippen molar-refractivity contribution in [3.05, 3.63) is 70.8 Å². The van der Waals surface area contributed by atoms with E-state index >= 15 is 0 Å². The van der Waals surface area contributed by atoms with Crippen molar-refractivity contribution in [3.8, 4) is 6.07 Å². The molecule has 2 rings (SSSR count). The number of methoxy groups -OCH3 is 1. The van der Waals surface area contributed by atoms with Gasteiger partial charge in [-0.25, -0.2) is 4.79 Å². The molecule has 2 aromatic carbocycles. The summed E-state index contributed by atoms with van der Waals surface area (Å²) in [6.45, 7) is 0. The maximum absolute atomic E-state index is 11.5. The first-order valence-electron chi connectivity index (χ1n) is 7.92. The summed E-state index contributed by atoms with van der Waals surface area (Å²) in [7, 11) is 1.32. The van der Waals surface area contributed by atoms with E-state index in [2.05, 4.69) is 10.8 Å². The number of aryl methyl sites for hydroxylation is 1. The van der Waals surface area contributed by atoms with Gasteiger partial charge in [-0.2, -0.15) is 5.26 Å². The SMILES string of the molecule is COC(=O)c1ccc(CC(CCc2ccc(C#N)cc2)C(=O)O)cc1. The number of carbonyl (C=O) groups is 2. The number of hydrogen-bond donors (Lipinski definition) is 1. The van der Waals surface area contributed by atoms with Gasteiger partial charge in [0.2, 0.25) is 0 Å². The molecule has 5 nitrogen and oxygen atoms in total. The highest BCUT2D eigenvalue weighted by atomic mass is 16.5. The first kappa shape index (κ1) is 18.2. The van der Waals surface area contributed by atoms with Crippen molar-refractivity contribution in [2.75, 3.05) is 7.11 Å². The van der Waals surface area contributed by atoms with Crippen LogP contribution in [-0.2, 0) is 22.4 Å². The second-order valence-corrected chi connectivity index (χ2v) is 5.78. The number of aliphatic carboxylic acids is 1. The molecule has 0 bridgehead atoms. The lowest BCUT2D eigenvalue weighted by molar-refractivity contribution is -0.141. The van der Waals surface area contributed by atoms with Gasteiger partial charge >= 0.3 is 11.9 Å². The standard InChI is InChI=1S/C20H19NO4/c1-25-20(24)17-9-7-15(8-10-17)12-18(19(22)23)11-6-14-2-4-16(13-21)5-3-14/h2-5,7-10,18H,6,11-12H2,1H3,(H,22,23). The van der Waals surface area contributed by atoms with E-state index in [1.54, 1.807) is 36.4 Å². The van der Waals surface area contributed by atoms with Crippen LogP contribution in [0.3, 0.4) is 0 Å². The van der Waals surface area contributed by atoms with Crippen molar-refractivity contribution in [1.29, 1.82) is 5.26 Å². The highest BCUT2D eigenvalue weighted by molar-refractivity contribution is 5.89. The third-order valence-corrected chi connectivity index (χ3v) is 4.07. The smallest absolute Gasteiger partial charge is 0.337 e. The molecule has 5 heteroatoms. The molecule has 0 fully saturated rings. The molecule has 0 aromatic heterocycles. The summed E-state index contributed by atoms with van der Waals surface area (Å²) in [5.41, 5.74) is 2.89.